The van der Waals surface area contributed by atoms with Gasteiger partial charge in [0, 0.05) is 6.54 Å². The summed E-state index contributed by atoms with van der Waals surface area (Å²) in [5.74, 6) is -0.0350. The third kappa shape index (κ3) is 4.81. The summed E-state index contributed by atoms with van der Waals surface area (Å²) in [6, 6.07) is 15.6. The molecule has 0 aliphatic carbocycles. The highest BCUT2D eigenvalue weighted by Crippen LogP contribution is 2.27. The number of nitrogens with zero attached hydrogens (tertiary/aromatic N) is 2. The lowest BCUT2D eigenvalue weighted by Gasteiger charge is -2.11. The second-order valence-corrected chi connectivity index (χ2v) is 7.34. The molecule has 0 saturated heterocycles. The van der Waals surface area contributed by atoms with E-state index in [-0.39, 0.29) is 0 Å². The highest BCUT2D eigenvalue weighted by atomic mass is 32.2. The number of thioether (sulfide) groups is 1. The first-order chi connectivity index (χ1) is 13.1. The van der Waals surface area contributed by atoms with E-state index in [4.69, 9.17) is 9.47 Å². The van der Waals surface area contributed by atoms with Gasteiger partial charge in [0.05, 0.1) is 31.4 Å². The predicted octanol–water partition coefficient (Wildman–Crippen LogP) is 3.83. The monoisotopic (exact) mass is 386 g/mol. The molecule has 0 fully saturated rings. The van der Waals surface area contributed by atoms with Crippen molar-refractivity contribution >= 4 is 28.8 Å². The average Bonchev–Trinajstić information content (AvgIpc) is 3.02. The van der Waals surface area contributed by atoms with Gasteiger partial charge in [0.1, 0.15) is 11.0 Å². The summed E-state index contributed by atoms with van der Waals surface area (Å²) in [5.41, 5.74) is 2.90. The van der Waals surface area contributed by atoms with Crippen LogP contribution in [0.4, 0.5) is 0 Å². The van der Waals surface area contributed by atoms with Gasteiger partial charge in [-0.3, -0.25) is 4.79 Å². The van der Waals surface area contributed by atoms with Gasteiger partial charge in [0.15, 0.2) is 5.16 Å². The number of carbonyl (C=O) groups is 1. The summed E-state index contributed by atoms with van der Waals surface area (Å²) >= 11 is 1.25. The maximum Gasteiger partial charge on any atom is 0.316 e. The average molecular weight is 386 g/mol. The van der Waals surface area contributed by atoms with Crippen molar-refractivity contribution in [2.75, 3.05) is 13.7 Å². The van der Waals surface area contributed by atoms with Crippen molar-refractivity contribution in [3.05, 3.63) is 54.1 Å². The molecule has 0 bridgehead atoms. The molecule has 1 heterocycles. The minimum atomic E-state index is -0.852. The predicted molar refractivity (Wildman–Crippen MR) is 105 cm³/mol. The first-order valence-electron chi connectivity index (χ1n) is 8.64. The van der Waals surface area contributed by atoms with E-state index in [0.717, 1.165) is 22.3 Å². The zero-order chi connectivity index (χ0) is 19.2. The lowest BCUT2D eigenvalue weighted by molar-refractivity contribution is -0.136. The summed E-state index contributed by atoms with van der Waals surface area (Å²) in [4.78, 5) is 15.8. The van der Waals surface area contributed by atoms with Crippen LogP contribution in [0.3, 0.4) is 0 Å². The van der Waals surface area contributed by atoms with E-state index in [1.807, 2.05) is 53.1 Å². The number of ether oxygens (including phenoxy) is 2. The lowest BCUT2D eigenvalue weighted by atomic mass is 10.2. The van der Waals surface area contributed by atoms with Crippen molar-refractivity contribution in [2.45, 2.75) is 30.5 Å². The Labute approximate surface area is 162 Å². The van der Waals surface area contributed by atoms with Gasteiger partial charge in [0.2, 0.25) is 0 Å². The number of hydrogen-bond donors (Lipinski definition) is 1. The molecule has 0 spiro atoms. The largest absolute Gasteiger partial charge is 0.497 e. The molecule has 27 heavy (non-hydrogen) atoms. The van der Waals surface area contributed by atoms with Crippen LogP contribution in [0.25, 0.3) is 11.0 Å². The van der Waals surface area contributed by atoms with Crippen LogP contribution in [-0.4, -0.2) is 39.6 Å². The molecule has 0 radical (unpaired) electrons. The van der Waals surface area contributed by atoms with E-state index >= 15 is 0 Å². The van der Waals surface area contributed by atoms with Crippen LogP contribution in [0.15, 0.2) is 53.7 Å². The Hall–Kier alpha value is -2.51. The Morgan fingerprint density at radius 2 is 1.96 bits per heavy atom. The van der Waals surface area contributed by atoms with Crippen LogP contribution in [0.5, 0.6) is 5.75 Å². The van der Waals surface area contributed by atoms with Crippen LogP contribution in [0.2, 0.25) is 0 Å². The second-order valence-electron chi connectivity index (χ2n) is 6.03. The minimum absolute atomic E-state index is 0.501. The third-order valence-electron chi connectivity index (χ3n) is 4.14. The van der Waals surface area contributed by atoms with Gasteiger partial charge in [-0.15, -0.1) is 0 Å². The molecule has 142 valence electrons. The highest BCUT2D eigenvalue weighted by molar-refractivity contribution is 8.00. The van der Waals surface area contributed by atoms with E-state index in [2.05, 4.69) is 4.98 Å². The molecule has 7 heteroatoms. The number of benzene rings is 2. The molecule has 6 nitrogen and oxygen atoms in total. The number of carboxylic acid groups (broad SMARTS) is 1. The number of aliphatic carboxylic acids is 1. The number of rotatable bonds is 9. The van der Waals surface area contributed by atoms with Crippen LogP contribution in [0, 0.1) is 0 Å². The fourth-order valence-electron chi connectivity index (χ4n) is 2.64. The van der Waals surface area contributed by atoms with Gasteiger partial charge in [-0.1, -0.05) is 36.0 Å². The Morgan fingerprint density at radius 1 is 1.22 bits per heavy atom. The molecule has 0 aliphatic heterocycles. The molecular weight excluding hydrogens is 364 g/mol. The van der Waals surface area contributed by atoms with Gasteiger partial charge in [-0.05, 0) is 36.8 Å². The molecule has 1 N–H and O–H groups in total. The third-order valence-corrected chi connectivity index (χ3v) is 5.21. The smallest absolute Gasteiger partial charge is 0.316 e. The van der Waals surface area contributed by atoms with Gasteiger partial charge in [-0.2, -0.15) is 0 Å². The quantitative estimate of drug-likeness (QED) is 0.445. The maximum absolute atomic E-state index is 11.2. The molecule has 1 unspecified atom stereocenters. The Balaban J connectivity index is 1.66. The van der Waals surface area contributed by atoms with Crippen molar-refractivity contribution in [3.63, 3.8) is 0 Å². The fourth-order valence-corrected chi connectivity index (χ4v) is 3.52. The van der Waals surface area contributed by atoms with Crippen LogP contribution in [0.1, 0.15) is 12.5 Å². The number of para-hydroxylation sites is 2. The Kier molecular flexibility index (Phi) is 6.36. The number of aromatic nitrogens is 2. The lowest BCUT2D eigenvalue weighted by Crippen LogP contribution is -2.14. The summed E-state index contributed by atoms with van der Waals surface area (Å²) in [6.07, 6.45) is 0. The van der Waals surface area contributed by atoms with E-state index in [9.17, 15) is 9.90 Å². The number of methoxy groups -OCH3 is 1. The molecule has 1 atom stereocenters. The van der Waals surface area contributed by atoms with Crippen molar-refractivity contribution < 1.29 is 19.4 Å². The molecule has 0 saturated carbocycles. The van der Waals surface area contributed by atoms with E-state index in [1.165, 1.54) is 11.8 Å². The maximum atomic E-state index is 11.2. The number of fused-ring (bicyclic) bond motifs is 1. The standard InChI is InChI=1S/C20H22N2O4S/c1-14(19(23)24)27-20-21-17-5-3-4-6-18(17)22(20)11-12-26-13-15-7-9-16(25-2)10-8-15/h3-10,14H,11-13H2,1-2H3,(H,23,24). The van der Waals surface area contributed by atoms with Gasteiger partial charge in [0.25, 0.3) is 0 Å². The molecule has 3 aromatic rings. The SMILES string of the molecule is COc1ccc(COCCn2c(SC(C)C(=O)O)nc3ccccc32)cc1. The summed E-state index contributed by atoms with van der Waals surface area (Å²) in [7, 11) is 1.64. The number of imidazole rings is 1. The molecule has 0 amide bonds. The number of carboxylic acids is 1. The Bertz CT molecular complexity index is 908. The van der Waals surface area contributed by atoms with Gasteiger partial charge >= 0.3 is 5.97 Å². The van der Waals surface area contributed by atoms with E-state index in [1.54, 1.807) is 14.0 Å². The van der Waals surface area contributed by atoms with Crippen LogP contribution in [-0.2, 0) is 22.7 Å². The fraction of sp³-hybridized carbons (Fsp3) is 0.300. The zero-order valence-electron chi connectivity index (χ0n) is 15.3. The van der Waals surface area contributed by atoms with Gasteiger partial charge in [-0.25, -0.2) is 4.98 Å². The summed E-state index contributed by atoms with van der Waals surface area (Å²) in [5, 5.41) is 9.32. The first-order valence-corrected chi connectivity index (χ1v) is 9.52. The molecular formula is C20H22N2O4S. The zero-order valence-corrected chi connectivity index (χ0v) is 16.1. The topological polar surface area (TPSA) is 73.6 Å². The van der Waals surface area contributed by atoms with Gasteiger partial charge < -0.3 is 19.1 Å². The van der Waals surface area contributed by atoms with Crippen LogP contribution < -0.4 is 4.74 Å². The van der Waals surface area contributed by atoms with Crippen molar-refractivity contribution in [2.24, 2.45) is 0 Å². The molecule has 0 aliphatic rings. The van der Waals surface area contributed by atoms with Crippen molar-refractivity contribution in [1.29, 1.82) is 0 Å². The van der Waals surface area contributed by atoms with E-state index in [0.29, 0.717) is 24.9 Å². The normalized spacial score (nSPS) is 12.2. The van der Waals surface area contributed by atoms with Crippen molar-refractivity contribution in [3.8, 4) is 5.75 Å². The molecule has 3 rings (SSSR count). The number of hydrogen-bond acceptors (Lipinski definition) is 5. The second kappa shape index (κ2) is 8.92. The van der Waals surface area contributed by atoms with E-state index < -0.39 is 11.2 Å². The summed E-state index contributed by atoms with van der Waals surface area (Å²) in [6.45, 7) is 3.27. The Morgan fingerprint density at radius 3 is 2.67 bits per heavy atom. The van der Waals surface area contributed by atoms with Crippen LogP contribution >= 0.6 is 11.8 Å². The minimum Gasteiger partial charge on any atom is -0.497 e. The first kappa shape index (κ1) is 19.3. The van der Waals surface area contributed by atoms with Crippen molar-refractivity contribution in [1.82, 2.24) is 9.55 Å². The summed E-state index contributed by atoms with van der Waals surface area (Å²) < 4.78 is 13.0. The highest BCUT2D eigenvalue weighted by Gasteiger charge is 2.18. The molecule has 2 aromatic carbocycles. The molecule has 1 aromatic heterocycles.